The van der Waals surface area contributed by atoms with E-state index in [9.17, 15) is 13.2 Å². The SMILES string of the molecule is CC(=NO)c1cc(C)ccc1OCCOCC(F)(F)F. The molecule has 0 atom stereocenters. The summed E-state index contributed by atoms with van der Waals surface area (Å²) in [5.74, 6) is 0.432. The van der Waals surface area contributed by atoms with Crippen molar-refractivity contribution in [2.75, 3.05) is 19.8 Å². The summed E-state index contributed by atoms with van der Waals surface area (Å²) in [4.78, 5) is 0. The van der Waals surface area contributed by atoms with Crippen molar-refractivity contribution in [3.05, 3.63) is 29.3 Å². The molecule has 0 saturated heterocycles. The van der Waals surface area contributed by atoms with Crippen LogP contribution < -0.4 is 4.74 Å². The van der Waals surface area contributed by atoms with Crippen LogP contribution in [-0.4, -0.2) is 36.9 Å². The van der Waals surface area contributed by atoms with Crippen molar-refractivity contribution in [3.63, 3.8) is 0 Å². The molecule has 112 valence electrons. The van der Waals surface area contributed by atoms with E-state index in [0.717, 1.165) is 5.56 Å². The number of nitrogens with zero attached hydrogens (tertiary/aromatic N) is 1. The number of oxime groups is 1. The minimum absolute atomic E-state index is 0.0230. The third kappa shape index (κ3) is 5.48. The lowest BCUT2D eigenvalue weighted by Gasteiger charge is -2.12. The van der Waals surface area contributed by atoms with Gasteiger partial charge in [0.15, 0.2) is 0 Å². The predicted octanol–water partition coefficient (Wildman–Crippen LogP) is 3.15. The molecule has 0 fully saturated rings. The minimum atomic E-state index is -4.34. The Labute approximate surface area is 114 Å². The van der Waals surface area contributed by atoms with Crippen molar-refractivity contribution in [1.82, 2.24) is 0 Å². The summed E-state index contributed by atoms with van der Waals surface area (Å²) in [5, 5.41) is 11.9. The molecule has 0 unspecified atom stereocenters. The van der Waals surface area contributed by atoms with Gasteiger partial charge < -0.3 is 14.7 Å². The van der Waals surface area contributed by atoms with Gasteiger partial charge in [0.2, 0.25) is 0 Å². The van der Waals surface area contributed by atoms with Crippen molar-refractivity contribution in [3.8, 4) is 5.75 Å². The summed E-state index contributed by atoms with van der Waals surface area (Å²) in [7, 11) is 0. The number of alkyl halides is 3. The molecule has 0 aliphatic carbocycles. The molecule has 1 rings (SSSR count). The third-order valence-corrected chi connectivity index (χ3v) is 2.43. The Balaban J connectivity index is 2.56. The Morgan fingerprint density at radius 3 is 2.60 bits per heavy atom. The molecule has 0 bridgehead atoms. The van der Waals surface area contributed by atoms with Crippen LogP contribution >= 0.6 is 0 Å². The van der Waals surface area contributed by atoms with Crippen molar-refractivity contribution >= 4 is 5.71 Å². The molecular weight excluding hydrogens is 275 g/mol. The highest BCUT2D eigenvalue weighted by Crippen LogP contribution is 2.21. The first-order chi connectivity index (χ1) is 9.33. The van der Waals surface area contributed by atoms with Crippen molar-refractivity contribution in [2.45, 2.75) is 20.0 Å². The van der Waals surface area contributed by atoms with Crippen LogP contribution in [0.2, 0.25) is 0 Å². The van der Waals surface area contributed by atoms with E-state index in [1.807, 2.05) is 6.92 Å². The van der Waals surface area contributed by atoms with E-state index in [4.69, 9.17) is 9.94 Å². The molecular formula is C13H16F3NO3. The number of ether oxygens (including phenoxy) is 2. The molecule has 0 saturated carbocycles. The van der Waals surface area contributed by atoms with Gasteiger partial charge in [0, 0.05) is 5.56 Å². The van der Waals surface area contributed by atoms with E-state index in [1.54, 1.807) is 25.1 Å². The molecule has 1 aromatic carbocycles. The second-order valence-electron chi connectivity index (χ2n) is 4.20. The Morgan fingerprint density at radius 2 is 2.00 bits per heavy atom. The molecule has 0 spiro atoms. The van der Waals surface area contributed by atoms with Crippen LogP contribution in [0.4, 0.5) is 13.2 Å². The van der Waals surface area contributed by atoms with Crippen LogP contribution in [0, 0.1) is 6.92 Å². The topological polar surface area (TPSA) is 51.1 Å². The fraction of sp³-hybridized carbons (Fsp3) is 0.462. The first kappa shape index (κ1) is 16.3. The Morgan fingerprint density at radius 1 is 1.30 bits per heavy atom. The molecule has 0 heterocycles. The number of rotatable bonds is 6. The minimum Gasteiger partial charge on any atom is -0.490 e. The number of halogens is 3. The maximum absolute atomic E-state index is 11.9. The highest BCUT2D eigenvalue weighted by Gasteiger charge is 2.27. The normalized spacial score (nSPS) is 12.6. The van der Waals surface area contributed by atoms with Crippen molar-refractivity contribution in [2.24, 2.45) is 5.16 Å². The van der Waals surface area contributed by atoms with E-state index >= 15 is 0 Å². The molecule has 1 N–H and O–H groups in total. The standard InChI is InChI=1S/C13H16F3NO3/c1-9-3-4-12(11(7-9)10(2)17-18)20-6-5-19-8-13(14,15)16/h3-4,7,18H,5-6,8H2,1-2H3. The summed E-state index contributed by atoms with van der Waals surface area (Å²) in [5.41, 5.74) is 1.90. The molecule has 0 aromatic heterocycles. The zero-order chi connectivity index (χ0) is 15.2. The maximum Gasteiger partial charge on any atom is 0.411 e. The van der Waals surface area contributed by atoms with Gasteiger partial charge in [-0.15, -0.1) is 0 Å². The third-order valence-electron chi connectivity index (χ3n) is 2.43. The van der Waals surface area contributed by atoms with Gasteiger partial charge >= 0.3 is 6.18 Å². The van der Waals surface area contributed by atoms with Gasteiger partial charge in [0.25, 0.3) is 0 Å². The van der Waals surface area contributed by atoms with Crippen LogP contribution in [-0.2, 0) is 4.74 Å². The van der Waals surface area contributed by atoms with Crippen molar-refractivity contribution in [1.29, 1.82) is 0 Å². The smallest absolute Gasteiger partial charge is 0.411 e. The molecule has 0 aliphatic rings. The lowest BCUT2D eigenvalue weighted by molar-refractivity contribution is -0.175. The molecule has 0 amide bonds. The van der Waals surface area contributed by atoms with Gasteiger partial charge in [-0.3, -0.25) is 0 Å². The van der Waals surface area contributed by atoms with Crippen LogP contribution in [0.15, 0.2) is 23.4 Å². The maximum atomic E-state index is 11.9. The first-order valence-electron chi connectivity index (χ1n) is 5.90. The van der Waals surface area contributed by atoms with Gasteiger partial charge in [-0.05, 0) is 26.0 Å². The highest BCUT2D eigenvalue weighted by atomic mass is 19.4. The molecule has 7 heteroatoms. The van der Waals surface area contributed by atoms with Crippen LogP contribution in [0.1, 0.15) is 18.1 Å². The number of benzene rings is 1. The summed E-state index contributed by atoms with van der Waals surface area (Å²) in [6, 6.07) is 5.23. The second-order valence-corrected chi connectivity index (χ2v) is 4.20. The zero-order valence-corrected chi connectivity index (χ0v) is 11.2. The monoisotopic (exact) mass is 291 g/mol. The van der Waals surface area contributed by atoms with Gasteiger partial charge in [-0.1, -0.05) is 16.8 Å². The van der Waals surface area contributed by atoms with Crippen LogP contribution in [0.3, 0.4) is 0 Å². The largest absolute Gasteiger partial charge is 0.490 e. The number of aryl methyl sites for hydroxylation is 1. The summed E-state index contributed by atoms with van der Waals surface area (Å²) in [6.45, 7) is 1.97. The lowest BCUT2D eigenvalue weighted by Crippen LogP contribution is -2.19. The molecule has 1 aromatic rings. The lowest BCUT2D eigenvalue weighted by atomic mass is 10.1. The Kier molecular flexibility index (Phi) is 5.82. The zero-order valence-electron chi connectivity index (χ0n) is 11.2. The summed E-state index contributed by atoms with van der Waals surface area (Å²) >= 11 is 0. The molecule has 0 aliphatic heterocycles. The van der Waals surface area contributed by atoms with Crippen LogP contribution in [0.5, 0.6) is 5.75 Å². The van der Waals surface area contributed by atoms with Gasteiger partial charge in [0.1, 0.15) is 19.0 Å². The average Bonchev–Trinajstić information content (AvgIpc) is 2.37. The summed E-state index contributed by atoms with van der Waals surface area (Å²) in [6.07, 6.45) is -4.34. The number of hydrogen-bond donors (Lipinski definition) is 1. The quantitative estimate of drug-likeness (QED) is 0.379. The Hall–Kier alpha value is -1.76. The van der Waals surface area contributed by atoms with E-state index in [0.29, 0.717) is 17.0 Å². The fourth-order valence-electron chi connectivity index (χ4n) is 1.50. The van der Waals surface area contributed by atoms with E-state index < -0.39 is 12.8 Å². The molecule has 20 heavy (non-hydrogen) atoms. The van der Waals surface area contributed by atoms with Crippen LogP contribution in [0.25, 0.3) is 0 Å². The molecule has 0 radical (unpaired) electrons. The van der Waals surface area contributed by atoms with Crippen molar-refractivity contribution < 1.29 is 27.9 Å². The van der Waals surface area contributed by atoms with E-state index in [2.05, 4.69) is 9.89 Å². The van der Waals surface area contributed by atoms with Gasteiger partial charge in [-0.2, -0.15) is 13.2 Å². The predicted molar refractivity (Wildman–Crippen MR) is 67.5 cm³/mol. The first-order valence-corrected chi connectivity index (χ1v) is 5.90. The van der Waals surface area contributed by atoms with E-state index in [-0.39, 0.29) is 13.2 Å². The van der Waals surface area contributed by atoms with E-state index in [1.165, 1.54) is 0 Å². The number of hydrogen-bond acceptors (Lipinski definition) is 4. The highest BCUT2D eigenvalue weighted by molar-refractivity contribution is 6.00. The Bertz CT molecular complexity index is 472. The fourth-order valence-corrected chi connectivity index (χ4v) is 1.50. The van der Waals surface area contributed by atoms with Gasteiger partial charge in [-0.25, -0.2) is 0 Å². The average molecular weight is 291 g/mol. The molecule has 4 nitrogen and oxygen atoms in total. The van der Waals surface area contributed by atoms with Gasteiger partial charge in [0.05, 0.1) is 12.3 Å². The second kappa shape index (κ2) is 7.14. The summed E-state index contributed by atoms with van der Waals surface area (Å²) < 4.78 is 45.4.